The second kappa shape index (κ2) is 14.6. The highest BCUT2D eigenvalue weighted by Gasteiger charge is 2.37. The van der Waals surface area contributed by atoms with Gasteiger partial charge in [-0.15, -0.1) is 0 Å². The average molecular weight is 717 g/mol. The monoisotopic (exact) mass is 716 g/mol. The first-order valence-corrected chi connectivity index (χ1v) is 19.4. The predicted molar refractivity (Wildman–Crippen MR) is 236 cm³/mol. The van der Waals surface area contributed by atoms with Crippen LogP contribution >= 0.6 is 0 Å². The van der Waals surface area contributed by atoms with Gasteiger partial charge < -0.3 is 9.80 Å². The van der Waals surface area contributed by atoms with Crippen molar-refractivity contribution >= 4 is 28.4 Å². The van der Waals surface area contributed by atoms with E-state index < -0.39 is 0 Å². The second-order valence-corrected chi connectivity index (χ2v) is 14.5. The molecule has 10 rings (SSSR count). The van der Waals surface area contributed by atoms with Gasteiger partial charge in [-0.05, 0) is 105 Å². The van der Waals surface area contributed by atoms with Gasteiger partial charge in [0.25, 0.3) is 0 Å². The Morgan fingerprint density at radius 1 is 0.357 bits per heavy atom. The molecule has 2 aliphatic rings. The molecule has 0 amide bonds. The van der Waals surface area contributed by atoms with Crippen LogP contribution in [-0.4, -0.2) is 6.04 Å². The van der Waals surface area contributed by atoms with Gasteiger partial charge in [0, 0.05) is 34.4 Å². The fraction of sp³-hybridized carbons (Fsp3) is 0.0370. The van der Waals surface area contributed by atoms with Gasteiger partial charge in [0.05, 0.1) is 6.04 Å². The molecule has 1 aliphatic heterocycles. The zero-order valence-electron chi connectivity index (χ0n) is 31.0. The summed E-state index contributed by atoms with van der Waals surface area (Å²) in [5.74, 6) is 0.335. The molecule has 0 N–H and O–H groups in total. The number of anilines is 5. The van der Waals surface area contributed by atoms with Crippen LogP contribution in [0.1, 0.15) is 11.5 Å². The maximum Gasteiger partial charge on any atom is 0.0629 e. The Hall–Kier alpha value is -7.16. The van der Waals surface area contributed by atoms with Crippen molar-refractivity contribution in [2.45, 2.75) is 12.0 Å². The summed E-state index contributed by atoms with van der Waals surface area (Å²) in [4.78, 5) is 4.87. The van der Waals surface area contributed by atoms with E-state index in [4.69, 9.17) is 0 Å². The molecule has 0 aromatic heterocycles. The Labute approximate surface area is 329 Å². The highest BCUT2D eigenvalue weighted by molar-refractivity contribution is 5.89. The van der Waals surface area contributed by atoms with Crippen LogP contribution < -0.4 is 9.80 Å². The van der Waals surface area contributed by atoms with Crippen molar-refractivity contribution in [3.63, 3.8) is 0 Å². The fourth-order valence-corrected chi connectivity index (χ4v) is 8.49. The summed E-state index contributed by atoms with van der Waals surface area (Å²) in [6.45, 7) is 0. The molecule has 0 fully saturated rings. The van der Waals surface area contributed by atoms with Crippen molar-refractivity contribution in [1.82, 2.24) is 0 Å². The van der Waals surface area contributed by atoms with E-state index in [1.807, 2.05) is 0 Å². The van der Waals surface area contributed by atoms with Crippen molar-refractivity contribution in [2.24, 2.45) is 0 Å². The summed E-state index contributed by atoms with van der Waals surface area (Å²) < 4.78 is 0. The first-order valence-electron chi connectivity index (χ1n) is 19.4. The third kappa shape index (κ3) is 6.22. The van der Waals surface area contributed by atoms with Crippen LogP contribution in [0.15, 0.2) is 231 Å². The molecular weight excluding hydrogens is 677 g/mol. The number of hydrogen-bond donors (Lipinski definition) is 0. The van der Waals surface area contributed by atoms with E-state index in [1.165, 1.54) is 61.4 Å². The quantitative estimate of drug-likeness (QED) is 0.154. The van der Waals surface area contributed by atoms with Crippen LogP contribution in [0.25, 0.3) is 44.5 Å². The second-order valence-electron chi connectivity index (χ2n) is 14.5. The summed E-state index contributed by atoms with van der Waals surface area (Å²) in [5.41, 5.74) is 16.8. The molecule has 2 heteroatoms. The summed E-state index contributed by atoms with van der Waals surface area (Å²) in [5, 5.41) is 0. The highest BCUT2D eigenvalue weighted by Crippen LogP contribution is 2.49. The summed E-state index contributed by atoms with van der Waals surface area (Å²) >= 11 is 0. The van der Waals surface area contributed by atoms with Gasteiger partial charge in [-0.25, -0.2) is 0 Å². The molecule has 2 atom stereocenters. The molecule has 8 aromatic rings. The maximum absolute atomic E-state index is 2.52. The SMILES string of the molecule is C1=CC2c3ccccc3N(c3ccc(-c4ccccc4)c(-c4ccc(N(c5ccc(-c6ccccc6)cc5)c5ccc(-c6ccccc6)cc5)cc4)c3)C2C=C1. The van der Waals surface area contributed by atoms with Gasteiger partial charge in [0.15, 0.2) is 0 Å². The lowest BCUT2D eigenvalue weighted by Crippen LogP contribution is -2.28. The topological polar surface area (TPSA) is 6.48 Å². The Bertz CT molecular complexity index is 2580. The van der Waals surface area contributed by atoms with Crippen molar-refractivity contribution in [1.29, 1.82) is 0 Å². The van der Waals surface area contributed by atoms with Crippen LogP contribution in [-0.2, 0) is 0 Å². The first-order chi connectivity index (χ1) is 27.8. The lowest BCUT2D eigenvalue weighted by atomic mass is 9.91. The Kier molecular flexibility index (Phi) is 8.70. The van der Waals surface area contributed by atoms with Gasteiger partial charge in [-0.2, -0.15) is 0 Å². The standard InChI is InChI=1S/C54H40N2/c1-4-14-39(15-5-1)41-24-30-45(31-25-41)55(46-32-26-42(27-33-46)40-16-6-2-7-17-40)47-34-28-44(29-35-47)52-38-48(36-37-49(52)43-18-8-3-9-19-43)56-53-22-12-10-20-50(53)51-21-11-13-23-54(51)56/h1-38,50,53H. The van der Waals surface area contributed by atoms with E-state index >= 15 is 0 Å². The van der Waals surface area contributed by atoms with Crippen molar-refractivity contribution in [3.8, 4) is 44.5 Å². The number of nitrogens with zero attached hydrogens (tertiary/aromatic N) is 2. The van der Waals surface area contributed by atoms with E-state index in [2.05, 4.69) is 240 Å². The van der Waals surface area contributed by atoms with E-state index in [0.717, 1.165) is 17.1 Å². The van der Waals surface area contributed by atoms with Crippen LogP contribution in [0.3, 0.4) is 0 Å². The van der Waals surface area contributed by atoms with Crippen LogP contribution in [0.5, 0.6) is 0 Å². The Morgan fingerprint density at radius 3 is 1.38 bits per heavy atom. The van der Waals surface area contributed by atoms with E-state index in [0.29, 0.717) is 5.92 Å². The summed E-state index contributed by atoms with van der Waals surface area (Å²) in [6, 6.07) is 74.9. The minimum Gasteiger partial charge on any atom is -0.333 e. The molecule has 1 heterocycles. The normalized spacial score (nSPS) is 15.3. The smallest absolute Gasteiger partial charge is 0.0629 e. The molecule has 2 nitrogen and oxygen atoms in total. The van der Waals surface area contributed by atoms with Crippen LogP contribution in [0, 0.1) is 0 Å². The molecule has 8 aromatic carbocycles. The fourth-order valence-electron chi connectivity index (χ4n) is 8.49. The van der Waals surface area contributed by atoms with Crippen molar-refractivity contribution in [3.05, 3.63) is 236 Å². The summed E-state index contributed by atoms with van der Waals surface area (Å²) in [7, 11) is 0. The Morgan fingerprint density at radius 2 is 0.804 bits per heavy atom. The van der Waals surface area contributed by atoms with Gasteiger partial charge >= 0.3 is 0 Å². The molecule has 0 spiro atoms. The number of rotatable bonds is 8. The van der Waals surface area contributed by atoms with Gasteiger partial charge in [-0.3, -0.25) is 0 Å². The minimum atomic E-state index is 0.241. The van der Waals surface area contributed by atoms with Crippen LogP contribution in [0.4, 0.5) is 28.4 Å². The molecule has 0 saturated carbocycles. The lowest BCUT2D eigenvalue weighted by Gasteiger charge is -2.29. The van der Waals surface area contributed by atoms with Crippen molar-refractivity contribution < 1.29 is 0 Å². The zero-order valence-corrected chi connectivity index (χ0v) is 31.0. The first kappa shape index (κ1) is 33.4. The number of para-hydroxylation sites is 1. The van der Waals surface area contributed by atoms with Crippen molar-refractivity contribution in [2.75, 3.05) is 9.80 Å². The van der Waals surface area contributed by atoms with Gasteiger partial charge in [0.1, 0.15) is 0 Å². The minimum absolute atomic E-state index is 0.241. The molecule has 0 saturated heterocycles. The number of benzene rings is 8. The number of fused-ring (bicyclic) bond motifs is 3. The lowest BCUT2D eigenvalue weighted by molar-refractivity contribution is 0.745. The van der Waals surface area contributed by atoms with E-state index in [9.17, 15) is 0 Å². The molecule has 1 aliphatic carbocycles. The largest absolute Gasteiger partial charge is 0.333 e. The highest BCUT2D eigenvalue weighted by atomic mass is 15.2. The molecule has 266 valence electrons. The molecular formula is C54H40N2. The maximum atomic E-state index is 2.52. The van der Waals surface area contributed by atoms with Gasteiger partial charge in [-0.1, -0.05) is 176 Å². The average Bonchev–Trinajstić information content (AvgIpc) is 3.62. The third-order valence-corrected chi connectivity index (χ3v) is 11.2. The Balaban J connectivity index is 1.06. The summed E-state index contributed by atoms with van der Waals surface area (Å²) in [6.07, 6.45) is 9.06. The van der Waals surface area contributed by atoms with Gasteiger partial charge in [0.2, 0.25) is 0 Å². The van der Waals surface area contributed by atoms with E-state index in [-0.39, 0.29) is 6.04 Å². The number of allylic oxidation sites excluding steroid dienone is 2. The predicted octanol–water partition coefficient (Wildman–Crippen LogP) is 14.6. The molecule has 0 radical (unpaired) electrons. The molecule has 0 bridgehead atoms. The molecule has 2 unspecified atom stereocenters. The third-order valence-electron chi connectivity index (χ3n) is 11.2. The van der Waals surface area contributed by atoms with Crippen LogP contribution in [0.2, 0.25) is 0 Å². The van der Waals surface area contributed by atoms with E-state index in [1.54, 1.807) is 0 Å². The zero-order chi connectivity index (χ0) is 37.3. The number of hydrogen-bond acceptors (Lipinski definition) is 2. The molecule has 56 heavy (non-hydrogen) atoms.